The molecule has 0 aromatic heterocycles. The van der Waals surface area contributed by atoms with Gasteiger partial charge in [0, 0.05) is 13.1 Å². The van der Waals surface area contributed by atoms with Crippen LogP contribution in [0.2, 0.25) is 0 Å². The predicted octanol–water partition coefficient (Wildman–Crippen LogP) is 4.79. The van der Waals surface area contributed by atoms with Gasteiger partial charge in [-0.05, 0) is 82.7 Å². The first-order chi connectivity index (χ1) is 13.5. The van der Waals surface area contributed by atoms with Crippen molar-refractivity contribution in [3.05, 3.63) is 59.7 Å². The molecule has 2 aromatic carbocycles. The highest BCUT2D eigenvalue weighted by molar-refractivity contribution is 8.89. The zero-order chi connectivity index (χ0) is 20.2. The number of phenols is 2. The van der Waals surface area contributed by atoms with Gasteiger partial charge < -0.3 is 20.8 Å². The van der Waals surface area contributed by atoms with Crippen LogP contribution in [-0.4, -0.2) is 31.9 Å². The zero-order valence-corrected chi connectivity index (χ0v) is 18.7. The van der Waals surface area contributed by atoms with Crippen LogP contribution in [0.25, 0.3) is 0 Å². The van der Waals surface area contributed by atoms with Crippen LogP contribution in [0.5, 0.6) is 11.5 Å². The fraction of sp³-hybridized carbons (Fsp3) is 0.300. The highest BCUT2D eigenvalue weighted by Crippen LogP contribution is 2.23. The topological polar surface area (TPSA) is 64.5 Å². The van der Waals surface area contributed by atoms with Crippen LogP contribution in [-0.2, 0) is 12.8 Å². The standard InChI is InChI=1S/C20H24N2O2S4/c23-17-9-5-15(6-10-17)3-1-13-21-19(25)27-28-20(26)22-14-2-4-16-7-11-18(24)12-8-16/h5-12,23-24H,1-4,13-14H2,(H,21,25)(H,22,26). The normalized spacial score (nSPS) is 10.4. The minimum absolute atomic E-state index is 0.293. The molecule has 0 atom stereocenters. The molecule has 0 heterocycles. The van der Waals surface area contributed by atoms with Gasteiger partial charge in [0.2, 0.25) is 0 Å². The molecular weight excluding hydrogens is 429 g/mol. The van der Waals surface area contributed by atoms with Gasteiger partial charge in [-0.3, -0.25) is 0 Å². The first kappa shape index (κ1) is 22.8. The van der Waals surface area contributed by atoms with Gasteiger partial charge in [0.05, 0.1) is 0 Å². The molecule has 0 aliphatic carbocycles. The van der Waals surface area contributed by atoms with Gasteiger partial charge in [0.1, 0.15) is 20.1 Å². The smallest absolute Gasteiger partial charge is 0.144 e. The average molecular weight is 453 g/mol. The average Bonchev–Trinajstić information content (AvgIpc) is 2.69. The van der Waals surface area contributed by atoms with Crippen LogP contribution in [0.15, 0.2) is 48.5 Å². The van der Waals surface area contributed by atoms with Crippen molar-refractivity contribution >= 4 is 54.7 Å². The van der Waals surface area contributed by atoms with E-state index in [-0.39, 0.29) is 0 Å². The second-order valence-electron chi connectivity index (χ2n) is 6.14. The van der Waals surface area contributed by atoms with Crippen molar-refractivity contribution in [1.29, 1.82) is 0 Å². The third-order valence-electron chi connectivity index (χ3n) is 3.89. The number of phenolic OH excluding ortho intramolecular Hbond substituents is 2. The number of hydrogen-bond acceptors (Lipinski definition) is 6. The molecule has 0 saturated heterocycles. The van der Waals surface area contributed by atoms with E-state index in [9.17, 15) is 10.2 Å². The molecule has 0 amide bonds. The molecule has 8 heteroatoms. The molecule has 4 nitrogen and oxygen atoms in total. The summed E-state index contributed by atoms with van der Waals surface area (Å²) in [5.41, 5.74) is 2.40. The minimum atomic E-state index is 0.293. The van der Waals surface area contributed by atoms with Crippen LogP contribution in [0, 0.1) is 0 Å². The van der Waals surface area contributed by atoms with Crippen molar-refractivity contribution in [3.8, 4) is 11.5 Å². The summed E-state index contributed by atoms with van der Waals surface area (Å²) in [6, 6.07) is 14.6. The maximum Gasteiger partial charge on any atom is 0.144 e. The van der Waals surface area contributed by atoms with Crippen molar-refractivity contribution in [3.63, 3.8) is 0 Å². The van der Waals surface area contributed by atoms with Crippen LogP contribution < -0.4 is 10.6 Å². The van der Waals surface area contributed by atoms with Gasteiger partial charge in [0.15, 0.2) is 0 Å². The van der Waals surface area contributed by atoms with Gasteiger partial charge in [-0.25, -0.2) is 0 Å². The molecule has 0 radical (unpaired) electrons. The van der Waals surface area contributed by atoms with E-state index in [0.29, 0.717) is 11.5 Å². The molecule has 0 aliphatic rings. The van der Waals surface area contributed by atoms with Gasteiger partial charge in [0.25, 0.3) is 0 Å². The summed E-state index contributed by atoms with van der Waals surface area (Å²) in [4.78, 5) is 0. The Balaban J connectivity index is 1.49. The fourth-order valence-corrected chi connectivity index (χ4v) is 4.52. The lowest BCUT2D eigenvalue weighted by Crippen LogP contribution is -2.22. The Kier molecular flexibility index (Phi) is 10.5. The summed E-state index contributed by atoms with van der Waals surface area (Å²) in [5.74, 6) is 0.586. The van der Waals surface area contributed by atoms with E-state index in [1.807, 2.05) is 24.3 Å². The zero-order valence-electron chi connectivity index (χ0n) is 15.4. The molecule has 0 fully saturated rings. The van der Waals surface area contributed by atoms with Gasteiger partial charge in [-0.15, -0.1) is 0 Å². The third kappa shape index (κ3) is 9.64. The van der Waals surface area contributed by atoms with Gasteiger partial charge >= 0.3 is 0 Å². The largest absolute Gasteiger partial charge is 0.508 e. The number of nitrogens with one attached hydrogen (secondary N) is 2. The lowest BCUT2D eigenvalue weighted by molar-refractivity contribution is 0.474. The van der Waals surface area contributed by atoms with Crippen molar-refractivity contribution in [1.82, 2.24) is 10.6 Å². The summed E-state index contributed by atoms with van der Waals surface area (Å²) < 4.78 is 1.45. The fourth-order valence-electron chi connectivity index (χ4n) is 2.43. The number of aryl methyl sites for hydroxylation is 2. The van der Waals surface area contributed by atoms with Crippen LogP contribution in [0.1, 0.15) is 24.0 Å². The SMILES string of the molecule is Oc1ccc(CCCNC(=S)SSC(=S)NCCCc2ccc(O)cc2)cc1. The molecule has 0 saturated carbocycles. The number of hydrogen-bond donors (Lipinski definition) is 4. The highest BCUT2D eigenvalue weighted by Gasteiger charge is 2.03. The second kappa shape index (κ2) is 12.9. The summed E-state index contributed by atoms with van der Waals surface area (Å²) in [6.45, 7) is 1.61. The number of thiocarbonyl (C=S) groups is 2. The van der Waals surface area contributed by atoms with Gasteiger partial charge in [-0.2, -0.15) is 0 Å². The lowest BCUT2D eigenvalue weighted by Gasteiger charge is -2.09. The van der Waals surface area contributed by atoms with E-state index in [1.54, 1.807) is 24.3 Å². The first-order valence-electron chi connectivity index (χ1n) is 8.99. The van der Waals surface area contributed by atoms with E-state index in [2.05, 4.69) is 10.6 Å². The molecule has 0 spiro atoms. The number of aromatic hydroxyl groups is 2. The molecule has 2 rings (SSSR count). The highest BCUT2D eigenvalue weighted by atomic mass is 33.1. The molecule has 2 aromatic rings. The summed E-state index contributed by atoms with van der Waals surface area (Å²) >= 11 is 10.6. The maximum absolute atomic E-state index is 9.28. The molecule has 0 aliphatic heterocycles. The van der Waals surface area contributed by atoms with E-state index < -0.39 is 0 Å². The molecule has 4 N–H and O–H groups in total. The monoisotopic (exact) mass is 452 g/mol. The molecular formula is C20H24N2O2S4. The predicted molar refractivity (Wildman–Crippen MR) is 129 cm³/mol. The third-order valence-corrected chi connectivity index (χ3v) is 7.24. The minimum Gasteiger partial charge on any atom is -0.508 e. The van der Waals surface area contributed by atoms with E-state index in [0.717, 1.165) is 47.4 Å². The Morgan fingerprint density at radius 2 is 1.04 bits per heavy atom. The molecule has 0 bridgehead atoms. The molecule has 150 valence electrons. The van der Waals surface area contributed by atoms with E-state index in [1.165, 1.54) is 32.7 Å². The van der Waals surface area contributed by atoms with Crippen molar-refractivity contribution in [2.75, 3.05) is 13.1 Å². The Morgan fingerprint density at radius 1 is 0.679 bits per heavy atom. The summed E-state index contributed by atoms with van der Waals surface area (Å²) in [5, 5.41) is 25.0. The summed E-state index contributed by atoms with van der Waals surface area (Å²) in [6.07, 6.45) is 3.82. The maximum atomic E-state index is 9.28. The Bertz CT molecular complexity index is 686. The first-order valence-corrected chi connectivity index (χ1v) is 12.0. The van der Waals surface area contributed by atoms with Crippen molar-refractivity contribution in [2.24, 2.45) is 0 Å². The van der Waals surface area contributed by atoms with Crippen LogP contribution in [0.4, 0.5) is 0 Å². The molecule has 28 heavy (non-hydrogen) atoms. The van der Waals surface area contributed by atoms with Crippen LogP contribution in [0.3, 0.4) is 0 Å². The quantitative estimate of drug-likeness (QED) is 0.259. The number of benzene rings is 2. The van der Waals surface area contributed by atoms with Crippen molar-refractivity contribution < 1.29 is 10.2 Å². The number of rotatable bonds is 8. The Hall–Kier alpha value is -1.48. The van der Waals surface area contributed by atoms with Crippen molar-refractivity contribution in [2.45, 2.75) is 25.7 Å². The Morgan fingerprint density at radius 3 is 1.39 bits per heavy atom. The van der Waals surface area contributed by atoms with Crippen LogP contribution >= 0.6 is 46.0 Å². The van der Waals surface area contributed by atoms with E-state index in [4.69, 9.17) is 24.4 Å². The summed E-state index contributed by atoms with van der Waals surface area (Å²) in [7, 11) is 2.92. The lowest BCUT2D eigenvalue weighted by atomic mass is 10.1. The molecule has 0 unspecified atom stereocenters. The van der Waals surface area contributed by atoms with E-state index >= 15 is 0 Å². The second-order valence-corrected chi connectivity index (χ2v) is 9.62. The Labute approximate surface area is 184 Å². The van der Waals surface area contributed by atoms with Gasteiger partial charge in [-0.1, -0.05) is 48.7 Å².